The Labute approximate surface area is 100 Å². The third-order valence-corrected chi connectivity index (χ3v) is 2.96. The van der Waals surface area contributed by atoms with Crippen molar-refractivity contribution in [3.05, 3.63) is 0 Å². The van der Waals surface area contributed by atoms with E-state index in [0.29, 0.717) is 0 Å². The standard InChI is InChI=1S/C14H27O2/c1-2-3-4-5-6-7-8-9-10-11-14(16)12-13-15/h14,16H,2-12H2,1H3/t14-/m1/s1. The normalized spacial score (nSPS) is 12.6. The third-order valence-electron chi connectivity index (χ3n) is 2.96. The Morgan fingerprint density at radius 2 is 1.44 bits per heavy atom. The number of aliphatic hydroxyl groups is 1. The van der Waals surface area contributed by atoms with Crippen LogP contribution in [0, 0.1) is 0 Å². The molecule has 0 unspecified atom stereocenters. The summed E-state index contributed by atoms with van der Waals surface area (Å²) in [6.45, 7) is 2.24. The molecule has 0 fully saturated rings. The van der Waals surface area contributed by atoms with Gasteiger partial charge in [-0.3, -0.25) is 4.79 Å². The maximum atomic E-state index is 9.99. The van der Waals surface area contributed by atoms with E-state index in [1.807, 2.05) is 0 Å². The van der Waals surface area contributed by atoms with Gasteiger partial charge in [-0.1, -0.05) is 64.7 Å². The second kappa shape index (κ2) is 12.7. The molecule has 0 aromatic heterocycles. The van der Waals surface area contributed by atoms with Gasteiger partial charge in [0.1, 0.15) is 0 Å². The predicted molar refractivity (Wildman–Crippen MR) is 68.2 cm³/mol. The fraction of sp³-hybridized carbons (Fsp3) is 0.929. The smallest absolute Gasteiger partial charge is 0.201 e. The summed E-state index contributed by atoms with van der Waals surface area (Å²) in [7, 11) is 0. The van der Waals surface area contributed by atoms with Crippen LogP contribution in [-0.2, 0) is 4.79 Å². The highest BCUT2D eigenvalue weighted by Crippen LogP contribution is 2.11. The van der Waals surface area contributed by atoms with E-state index < -0.39 is 6.10 Å². The first-order chi connectivity index (χ1) is 7.81. The average Bonchev–Trinajstić information content (AvgIpc) is 2.27. The molecule has 0 spiro atoms. The number of rotatable bonds is 12. The molecule has 0 aromatic carbocycles. The van der Waals surface area contributed by atoms with E-state index in [0.717, 1.165) is 12.8 Å². The van der Waals surface area contributed by atoms with Crippen LogP contribution in [0.5, 0.6) is 0 Å². The van der Waals surface area contributed by atoms with Crippen molar-refractivity contribution < 1.29 is 9.90 Å². The molecule has 1 N–H and O–H groups in total. The first-order valence-corrected chi connectivity index (χ1v) is 6.84. The molecule has 0 amide bonds. The van der Waals surface area contributed by atoms with Crippen molar-refractivity contribution in [2.75, 3.05) is 0 Å². The molecular weight excluding hydrogens is 200 g/mol. The highest BCUT2D eigenvalue weighted by molar-refractivity contribution is 5.51. The minimum Gasteiger partial charge on any atom is -0.393 e. The number of carbonyl (C=O) groups excluding carboxylic acids is 1. The molecule has 2 nitrogen and oxygen atoms in total. The van der Waals surface area contributed by atoms with Crippen molar-refractivity contribution in [1.29, 1.82) is 0 Å². The number of hydrogen-bond donors (Lipinski definition) is 1. The molecule has 0 heterocycles. The first kappa shape index (κ1) is 15.6. The molecule has 0 aromatic rings. The summed E-state index contributed by atoms with van der Waals surface area (Å²) >= 11 is 0. The first-order valence-electron chi connectivity index (χ1n) is 6.84. The summed E-state index contributed by atoms with van der Waals surface area (Å²) in [6, 6.07) is 0. The van der Waals surface area contributed by atoms with Crippen LogP contribution in [-0.4, -0.2) is 17.5 Å². The molecule has 0 aliphatic heterocycles. The minimum atomic E-state index is -0.456. The largest absolute Gasteiger partial charge is 0.393 e. The maximum Gasteiger partial charge on any atom is 0.201 e. The van der Waals surface area contributed by atoms with Crippen LogP contribution in [0.3, 0.4) is 0 Å². The lowest BCUT2D eigenvalue weighted by Gasteiger charge is -2.05. The van der Waals surface area contributed by atoms with E-state index in [2.05, 4.69) is 6.92 Å². The molecule has 95 valence electrons. The quantitative estimate of drug-likeness (QED) is 0.515. The summed E-state index contributed by atoms with van der Waals surface area (Å²) in [4.78, 5) is 9.99. The monoisotopic (exact) mass is 227 g/mol. The number of unbranched alkanes of at least 4 members (excludes halogenated alkanes) is 8. The van der Waals surface area contributed by atoms with Crippen molar-refractivity contribution in [2.24, 2.45) is 0 Å². The van der Waals surface area contributed by atoms with Gasteiger partial charge in [0.2, 0.25) is 6.29 Å². The maximum absolute atomic E-state index is 9.99. The highest BCUT2D eigenvalue weighted by Gasteiger charge is 2.02. The van der Waals surface area contributed by atoms with Crippen LogP contribution in [0.4, 0.5) is 0 Å². The van der Waals surface area contributed by atoms with Crippen LogP contribution in [0.15, 0.2) is 0 Å². The Kier molecular flexibility index (Phi) is 12.4. The Morgan fingerprint density at radius 3 is 1.94 bits per heavy atom. The van der Waals surface area contributed by atoms with E-state index in [9.17, 15) is 9.90 Å². The second-order valence-corrected chi connectivity index (χ2v) is 4.62. The van der Waals surface area contributed by atoms with Crippen molar-refractivity contribution in [3.63, 3.8) is 0 Å². The molecule has 0 aliphatic rings. The van der Waals surface area contributed by atoms with Gasteiger partial charge in [0, 0.05) is 6.42 Å². The molecule has 1 atom stereocenters. The molecule has 0 saturated carbocycles. The molecule has 0 saturated heterocycles. The number of aliphatic hydroxyl groups excluding tert-OH is 1. The molecule has 0 aliphatic carbocycles. The zero-order valence-corrected chi connectivity index (χ0v) is 10.7. The topological polar surface area (TPSA) is 37.3 Å². The Bertz CT molecular complexity index is 146. The predicted octanol–water partition coefficient (Wildman–Crippen LogP) is 3.77. The van der Waals surface area contributed by atoms with Gasteiger partial charge in [0.25, 0.3) is 0 Å². The van der Waals surface area contributed by atoms with Crippen molar-refractivity contribution in [3.8, 4) is 0 Å². The van der Waals surface area contributed by atoms with E-state index in [4.69, 9.17) is 0 Å². The van der Waals surface area contributed by atoms with Crippen LogP contribution in [0.2, 0.25) is 0 Å². The van der Waals surface area contributed by atoms with Crippen molar-refractivity contribution >= 4 is 6.29 Å². The van der Waals surface area contributed by atoms with Crippen LogP contribution in [0.1, 0.15) is 77.6 Å². The van der Waals surface area contributed by atoms with Gasteiger partial charge in [-0.05, 0) is 6.42 Å². The fourth-order valence-electron chi connectivity index (χ4n) is 1.89. The zero-order chi connectivity index (χ0) is 12.1. The minimum absolute atomic E-state index is 0.178. The summed E-state index contributed by atoms with van der Waals surface area (Å²) in [5.74, 6) is 0. The van der Waals surface area contributed by atoms with Crippen molar-refractivity contribution in [1.82, 2.24) is 0 Å². The van der Waals surface area contributed by atoms with E-state index in [1.54, 1.807) is 6.29 Å². The lowest BCUT2D eigenvalue weighted by Crippen LogP contribution is -2.06. The van der Waals surface area contributed by atoms with Crippen LogP contribution in [0.25, 0.3) is 0 Å². The Hall–Kier alpha value is -0.370. The SMILES string of the molecule is CCCCCCCCCCC[C@@H](O)C[C]=O. The van der Waals surface area contributed by atoms with E-state index >= 15 is 0 Å². The number of hydrogen-bond acceptors (Lipinski definition) is 2. The van der Waals surface area contributed by atoms with Gasteiger partial charge in [-0.2, -0.15) is 0 Å². The molecular formula is C14H27O2. The third kappa shape index (κ3) is 11.7. The van der Waals surface area contributed by atoms with E-state index in [1.165, 1.54) is 51.4 Å². The summed E-state index contributed by atoms with van der Waals surface area (Å²) in [5.41, 5.74) is 0. The summed E-state index contributed by atoms with van der Waals surface area (Å²) < 4.78 is 0. The zero-order valence-electron chi connectivity index (χ0n) is 10.7. The van der Waals surface area contributed by atoms with Gasteiger partial charge in [0.15, 0.2) is 0 Å². The summed E-state index contributed by atoms with van der Waals surface area (Å²) in [5, 5.41) is 9.29. The molecule has 1 radical (unpaired) electrons. The van der Waals surface area contributed by atoms with Gasteiger partial charge in [-0.15, -0.1) is 0 Å². The second-order valence-electron chi connectivity index (χ2n) is 4.62. The Balaban J connectivity index is 3.00. The summed E-state index contributed by atoms with van der Waals surface area (Å²) in [6.07, 6.45) is 13.8. The van der Waals surface area contributed by atoms with Gasteiger partial charge >= 0.3 is 0 Å². The molecule has 2 heteroatoms. The van der Waals surface area contributed by atoms with Crippen molar-refractivity contribution in [2.45, 2.75) is 83.7 Å². The molecule has 0 bridgehead atoms. The molecule has 0 rings (SSSR count). The lowest BCUT2D eigenvalue weighted by molar-refractivity contribution is 0.167. The van der Waals surface area contributed by atoms with E-state index in [-0.39, 0.29) is 6.42 Å². The van der Waals surface area contributed by atoms with Crippen LogP contribution < -0.4 is 0 Å². The van der Waals surface area contributed by atoms with Crippen LogP contribution >= 0.6 is 0 Å². The highest BCUT2D eigenvalue weighted by atomic mass is 16.3. The molecule has 16 heavy (non-hydrogen) atoms. The fourth-order valence-corrected chi connectivity index (χ4v) is 1.89. The average molecular weight is 227 g/mol. The van der Waals surface area contributed by atoms with Gasteiger partial charge < -0.3 is 5.11 Å². The Morgan fingerprint density at radius 1 is 0.938 bits per heavy atom. The lowest BCUT2D eigenvalue weighted by atomic mass is 10.0. The van der Waals surface area contributed by atoms with Gasteiger partial charge in [0.05, 0.1) is 6.10 Å². The van der Waals surface area contributed by atoms with Gasteiger partial charge in [-0.25, -0.2) is 0 Å².